The highest BCUT2D eigenvalue weighted by molar-refractivity contribution is 7.16. The summed E-state index contributed by atoms with van der Waals surface area (Å²) >= 11 is 1.46. The molecule has 1 aromatic heterocycles. The van der Waals surface area contributed by atoms with Gasteiger partial charge in [0.1, 0.15) is 0 Å². The molecule has 0 saturated heterocycles. The van der Waals surface area contributed by atoms with Crippen molar-refractivity contribution in [3.8, 4) is 0 Å². The van der Waals surface area contributed by atoms with Crippen molar-refractivity contribution in [3.63, 3.8) is 0 Å². The summed E-state index contributed by atoms with van der Waals surface area (Å²) in [6, 6.07) is 5.33. The van der Waals surface area contributed by atoms with E-state index in [9.17, 15) is 9.59 Å². The highest BCUT2D eigenvalue weighted by atomic mass is 32.1. The van der Waals surface area contributed by atoms with E-state index in [0.29, 0.717) is 11.5 Å². The molecule has 110 valence electrons. The SMILES string of the molecule is C[C@@H](NC(=O)COC(=O)c1ccc2ncsc2c1)C1CC1. The van der Waals surface area contributed by atoms with Crippen LogP contribution in [0.25, 0.3) is 10.2 Å². The molecule has 0 unspecified atom stereocenters. The lowest BCUT2D eigenvalue weighted by Crippen LogP contribution is -2.37. The number of nitrogens with one attached hydrogen (secondary N) is 1. The molecular formula is C15H16N2O3S. The van der Waals surface area contributed by atoms with Gasteiger partial charge in [0.15, 0.2) is 6.61 Å². The van der Waals surface area contributed by atoms with Gasteiger partial charge in [0.2, 0.25) is 0 Å². The Morgan fingerprint density at radius 1 is 1.48 bits per heavy atom. The van der Waals surface area contributed by atoms with Gasteiger partial charge in [-0.25, -0.2) is 9.78 Å². The number of carbonyl (C=O) groups is 2. The van der Waals surface area contributed by atoms with Crippen LogP contribution in [0.4, 0.5) is 0 Å². The van der Waals surface area contributed by atoms with Gasteiger partial charge < -0.3 is 10.1 Å². The first kappa shape index (κ1) is 14.0. The van der Waals surface area contributed by atoms with E-state index < -0.39 is 5.97 Å². The maximum atomic E-state index is 11.9. The summed E-state index contributed by atoms with van der Waals surface area (Å²) in [7, 11) is 0. The van der Waals surface area contributed by atoms with Gasteiger partial charge >= 0.3 is 5.97 Å². The molecule has 3 rings (SSSR count). The highest BCUT2D eigenvalue weighted by Gasteiger charge is 2.29. The lowest BCUT2D eigenvalue weighted by Gasteiger charge is -2.12. The Labute approximate surface area is 126 Å². The average molecular weight is 304 g/mol. The minimum absolute atomic E-state index is 0.157. The van der Waals surface area contributed by atoms with Crippen molar-refractivity contribution in [2.75, 3.05) is 6.61 Å². The minimum atomic E-state index is -0.487. The molecule has 1 amide bonds. The minimum Gasteiger partial charge on any atom is -0.452 e. The van der Waals surface area contributed by atoms with Gasteiger partial charge in [-0.1, -0.05) is 0 Å². The molecule has 1 saturated carbocycles. The van der Waals surface area contributed by atoms with Crippen LogP contribution in [0.1, 0.15) is 30.1 Å². The molecule has 0 spiro atoms. The van der Waals surface area contributed by atoms with E-state index in [2.05, 4.69) is 10.3 Å². The number of rotatable bonds is 5. The van der Waals surface area contributed by atoms with Crippen LogP contribution in [-0.4, -0.2) is 29.5 Å². The predicted molar refractivity (Wildman–Crippen MR) is 80.2 cm³/mol. The third-order valence-electron chi connectivity index (χ3n) is 3.62. The van der Waals surface area contributed by atoms with Crippen LogP contribution in [0.2, 0.25) is 0 Å². The fraction of sp³-hybridized carbons (Fsp3) is 0.400. The maximum absolute atomic E-state index is 11.9. The van der Waals surface area contributed by atoms with Crippen molar-refractivity contribution >= 4 is 33.4 Å². The van der Waals surface area contributed by atoms with Gasteiger partial charge in [-0.05, 0) is 43.9 Å². The number of esters is 1. The lowest BCUT2D eigenvalue weighted by atomic mass is 10.2. The molecule has 5 nitrogen and oxygen atoms in total. The first-order valence-electron chi connectivity index (χ1n) is 6.93. The normalized spacial score (nSPS) is 15.7. The summed E-state index contributed by atoms with van der Waals surface area (Å²) in [4.78, 5) is 27.8. The Hall–Kier alpha value is -1.95. The summed E-state index contributed by atoms with van der Waals surface area (Å²) in [6.45, 7) is 1.74. The number of hydrogen-bond acceptors (Lipinski definition) is 5. The molecule has 1 fully saturated rings. The van der Waals surface area contributed by atoms with Crippen LogP contribution in [0.5, 0.6) is 0 Å². The largest absolute Gasteiger partial charge is 0.452 e. The standard InChI is InChI=1S/C15H16N2O3S/c1-9(10-2-3-10)17-14(18)7-20-15(19)11-4-5-12-13(6-11)21-8-16-12/h4-6,8-10H,2-3,7H2,1H3,(H,17,18)/t9-/m1/s1. The van der Waals surface area contributed by atoms with Crippen molar-refractivity contribution < 1.29 is 14.3 Å². The van der Waals surface area contributed by atoms with E-state index >= 15 is 0 Å². The number of nitrogens with zero attached hydrogens (tertiary/aromatic N) is 1. The van der Waals surface area contributed by atoms with Crippen LogP contribution in [-0.2, 0) is 9.53 Å². The van der Waals surface area contributed by atoms with Crippen LogP contribution in [0.3, 0.4) is 0 Å². The third-order valence-corrected chi connectivity index (χ3v) is 4.41. The molecule has 6 heteroatoms. The number of aromatic nitrogens is 1. The summed E-state index contributed by atoms with van der Waals surface area (Å²) < 4.78 is 5.98. The van der Waals surface area contributed by atoms with Crippen LogP contribution >= 0.6 is 11.3 Å². The Balaban J connectivity index is 1.54. The zero-order valence-corrected chi connectivity index (χ0v) is 12.5. The number of thiazole rings is 1. The molecule has 2 aromatic rings. The quantitative estimate of drug-likeness (QED) is 0.861. The number of carbonyl (C=O) groups excluding carboxylic acids is 2. The number of fused-ring (bicyclic) bond motifs is 1. The van der Waals surface area contributed by atoms with Gasteiger partial charge in [-0.2, -0.15) is 0 Å². The van der Waals surface area contributed by atoms with Crippen molar-refractivity contribution in [3.05, 3.63) is 29.3 Å². The summed E-state index contributed by atoms with van der Waals surface area (Å²) in [6.07, 6.45) is 2.33. The van der Waals surface area contributed by atoms with Crippen molar-refractivity contribution in [2.24, 2.45) is 5.92 Å². The van der Waals surface area contributed by atoms with E-state index in [1.165, 1.54) is 11.3 Å². The Bertz CT molecular complexity index is 678. The highest BCUT2D eigenvalue weighted by Crippen LogP contribution is 2.32. The fourth-order valence-corrected chi connectivity index (χ4v) is 2.92. The molecule has 0 radical (unpaired) electrons. The Kier molecular flexibility index (Phi) is 3.88. The molecule has 0 aliphatic heterocycles. The van der Waals surface area contributed by atoms with Crippen molar-refractivity contribution in [1.82, 2.24) is 10.3 Å². The maximum Gasteiger partial charge on any atom is 0.338 e. The second-order valence-electron chi connectivity index (χ2n) is 5.30. The smallest absolute Gasteiger partial charge is 0.338 e. The van der Waals surface area contributed by atoms with Crippen LogP contribution in [0.15, 0.2) is 23.7 Å². The van der Waals surface area contributed by atoms with Crippen LogP contribution in [0, 0.1) is 5.92 Å². The van der Waals surface area contributed by atoms with E-state index in [1.54, 1.807) is 23.7 Å². The molecule has 0 bridgehead atoms. The number of hydrogen-bond donors (Lipinski definition) is 1. The van der Waals surface area contributed by atoms with E-state index in [0.717, 1.165) is 23.1 Å². The second-order valence-corrected chi connectivity index (χ2v) is 6.19. The first-order valence-corrected chi connectivity index (χ1v) is 7.81. The number of ether oxygens (including phenoxy) is 1. The number of amides is 1. The predicted octanol–water partition coefficient (Wildman–Crippen LogP) is 2.37. The van der Waals surface area contributed by atoms with Gasteiger partial charge in [0.25, 0.3) is 5.91 Å². The van der Waals surface area contributed by atoms with E-state index in [1.807, 2.05) is 6.92 Å². The van der Waals surface area contributed by atoms with E-state index in [4.69, 9.17) is 4.74 Å². The molecule has 1 N–H and O–H groups in total. The zero-order valence-electron chi connectivity index (χ0n) is 11.7. The zero-order chi connectivity index (χ0) is 14.8. The lowest BCUT2D eigenvalue weighted by molar-refractivity contribution is -0.124. The molecular weight excluding hydrogens is 288 g/mol. The number of benzene rings is 1. The molecule has 1 aliphatic rings. The summed E-state index contributed by atoms with van der Waals surface area (Å²) in [5.74, 6) is -0.153. The fourth-order valence-electron chi connectivity index (χ4n) is 2.21. The van der Waals surface area contributed by atoms with Gasteiger partial charge in [-0.3, -0.25) is 4.79 Å². The summed E-state index contributed by atoms with van der Waals surface area (Å²) in [5.41, 5.74) is 3.02. The van der Waals surface area contributed by atoms with Crippen molar-refractivity contribution in [2.45, 2.75) is 25.8 Å². The molecule has 1 aliphatic carbocycles. The van der Waals surface area contributed by atoms with Crippen molar-refractivity contribution in [1.29, 1.82) is 0 Å². The average Bonchev–Trinajstić information content (AvgIpc) is 3.22. The Morgan fingerprint density at radius 3 is 3.05 bits per heavy atom. The van der Waals surface area contributed by atoms with Gasteiger partial charge in [-0.15, -0.1) is 11.3 Å². The molecule has 21 heavy (non-hydrogen) atoms. The summed E-state index contributed by atoms with van der Waals surface area (Å²) in [5, 5.41) is 2.85. The Morgan fingerprint density at radius 2 is 2.29 bits per heavy atom. The van der Waals surface area contributed by atoms with Gasteiger partial charge in [0, 0.05) is 6.04 Å². The molecule has 1 heterocycles. The van der Waals surface area contributed by atoms with Gasteiger partial charge in [0.05, 0.1) is 21.3 Å². The van der Waals surface area contributed by atoms with E-state index in [-0.39, 0.29) is 18.6 Å². The molecule has 1 atom stereocenters. The monoisotopic (exact) mass is 304 g/mol. The third kappa shape index (κ3) is 3.39. The second kappa shape index (κ2) is 5.81. The van der Waals surface area contributed by atoms with Crippen LogP contribution < -0.4 is 5.32 Å². The molecule has 1 aromatic carbocycles. The topological polar surface area (TPSA) is 68.3 Å². The first-order chi connectivity index (χ1) is 10.1.